The maximum atomic E-state index is 13.0. The Hall–Kier alpha value is -3.00. The van der Waals surface area contributed by atoms with E-state index in [1.807, 2.05) is 38.1 Å². The second-order valence-electron chi connectivity index (χ2n) is 8.10. The quantitative estimate of drug-likeness (QED) is 0.660. The summed E-state index contributed by atoms with van der Waals surface area (Å²) in [5.41, 5.74) is 2.53. The van der Waals surface area contributed by atoms with Gasteiger partial charge in [0.15, 0.2) is 5.82 Å². The molecule has 0 spiro atoms. The van der Waals surface area contributed by atoms with Gasteiger partial charge in [0.05, 0.1) is 6.61 Å². The van der Waals surface area contributed by atoms with Gasteiger partial charge in [-0.15, -0.1) is 5.10 Å². The fourth-order valence-corrected chi connectivity index (χ4v) is 3.95. The van der Waals surface area contributed by atoms with Crippen molar-refractivity contribution in [1.82, 2.24) is 19.2 Å². The number of nitrogens with zero attached hydrogens (tertiary/aromatic N) is 4. The van der Waals surface area contributed by atoms with Crippen LogP contribution in [0.25, 0.3) is 17.2 Å². The second kappa shape index (κ2) is 6.81. The molecule has 4 rings (SSSR count). The number of hydrogen-bond donors (Lipinski definition) is 2. The highest BCUT2D eigenvalue weighted by molar-refractivity contribution is 5.68. The number of benzene rings is 1. The summed E-state index contributed by atoms with van der Waals surface area (Å²) in [5.74, 6) is -0.512. The first-order chi connectivity index (χ1) is 13.8. The molecule has 0 unspecified atom stereocenters. The van der Waals surface area contributed by atoms with Gasteiger partial charge in [-0.2, -0.15) is 9.50 Å². The van der Waals surface area contributed by atoms with E-state index < -0.39 is 5.97 Å². The molecule has 1 aromatic carbocycles. The molecule has 29 heavy (non-hydrogen) atoms. The predicted octanol–water partition coefficient (Wildman–Crippen LogP) is 2.10. The molecule has 0 atom stereocenters. The van der Waals surface area contributed by atoms with Crippen molar-refractivity contribution in [2.24, 2.45) is 0 Å². The number of aliphatic hydroxyl groups excluding tert-OH is 1. The number of aromatic nitrogens is 4. The second-order valence-corrected chi connectivity index (χ2v) is 8.10. The summed E-state index contributed by atoms with van der Waals surface area (Å²) < 4.78 is 2.72. The summed E-state index contributed by atoms with van der Waals surface area (Å²) in [6.45, 7) is 5.36. The molecule has 1 saturated carbocycles. The van der Waals surface area contributed by atoms with Gasteiger partial charge in [0.1, 0.15) is 6.54 Å². The molecule has 1 aliphatic carbocycles. The Morgan fingerprint density at radius 2 is 1.90 bits per heavy atom. The number of carbonyl (C=O) groups is 1. The minimum atomic E-state index is -1.01. The zero-order valence-corrected chi connectivity index (χ0v) is 16.7. The van der Waals surface area contributed by atoms with Crippen molar-refractivity contribution in [3.8, 4) is 11.4 Å². The van der Waals surface area contributed by atoms with E-state index in [2.05, 4.69) is 10.1 Å². The number of aliphatic carboxylic acids is 1. The molecular weight excluding hydrogens is 372 g/mol. The smallest absolute Gasteiger partial charge is 0.323 e. The van der Waals surface area contributed by atoms with Crippen LogP contribution in [0.2, 0.25) is 0 Å². The summed E-state index contributed by atoms with van der Waals surface area (Å²) in [4.78, 5) is 28.9. The third-order valence-corrected chi connectivity index (χ3v) is 5.83. The molecular formula is C21H24N4O4. The van der Waals surface area contributed by atoms with E-state index in [1.165, 1.54) is 9.08 Å². The largest absolute Gasteiger partial charge is 0.480 e. The lowest BCUT2D eigenvalue weighted by atomic mass is 9.96. The van der Waals surface area contributed by atoms with Gasteiger partial charge in [-0.3, -0.25) is 9.59 Å². The molecule has 0 saturated heterocycles. The van der Waals surface area contributed by atoms with E-state index in [9.17, 15) is 19.8 Å². The number of carboxylic acids is 1. The van der Waals surface area contributed by atoms with Crippen LogP contribution < -0.4 is 5.56 Å². The lowest BCUT2D eigenvalue weighted by Gasteiger charge is -2.15. The van der Waals surface area contributed by atoms with Crippen LogP contribution in [0.1, 0.15) is 49.4 Å². The zero-order chi connectivity index (χ0) is 20.9. The van der Waals surface area contributed by atoms with Gasteiger partial charge in [0, 0.05) is 22.2 Å². The van der Waals surface area contributed by atoms with Crippen LogP contribution in [-0.4, -0.2) is 42.0 Å². The molecule has 0 radical (unpaired) electrons. The molecule has 8 nitrogen and oxygen atoms in total. The van der Waals surface area contributed by atoms with Crippen LogP contribution in [-0.2, 0) is 16.8 Å². The highest BCUT2D eigenvalue weighted by Gasteiger charge is 2.43. The van der Waals surface area contributed by atoms with E-state index in [1.54, 1.807) is 6.92 Å². The fraction of sp³-hybridized carbons (Fsp3) is 0.429. The third kappa shape index (κ3) is 3.13. The number of carboxylic acid groups (broad SMARTS) is 1. The SMILES string of the molecule is Cc1c(C(C)C)c(=O)n2nc(-c3ccc(C4(CO)CC4)cc3)nc2n1CC(=O)O. The number of aliphatic hydroxyl groups is 1. The van der Waals surface area contributed by atoms with Crippen molar-refractivity contribution in [1.29, 1.82) is 0 Å². The number of rotatable bonds is 6. The molecule has 152 valence electrons. The molecule has 1 aliphatic rings. The molecule has 0 aliphatic heterocycles. The zero-order valence-electron chi connectivity index (χ0n) is 16.7. The van der Waals surface area contributed by atoms with Crippen molar-refractivity contribution in [2.45, 2.75) is 51.5 Å². The van der Waals surface area contributed by atoms with Crippen LogP contribution in [0.5, 0.6) is 0 Å². The number of fused-ring (bicyclic) bond motifs is 1. The van der Waals surface area contributed by atoms with E-state index in [0.29, 0.717) is 17.1 Å². The van der Waals surface area contributed by atoms with Crippen LogP contribution in [0.4, 0.5) is 0 Å². The van der Waals surface area contributed by atoms with Crippen LogP contribution >= 0.6 is 0 Å². The summed E-state index contributed by atoms with van der Waals surface area (Å²) in [5, 5.41) is 23.3. The van der Waals surface area contributed by atoms with E-state index in [-0.39, 0.29) is 35.8 Å². The number of hydrogen-bond acceptors (Lipinski definition) is 5. The average molecular weight is 396 g/mol. The highest BCUT2D eigenvalue weighted by atomic mass is 16.4. The van der Waals surface area contributed by atoms with Gasteiger partial charge < -0.3 is 14.8 Å². The maximum absolute atomic E-state index is 13.0. The van der Waals surface area contributed by atoms with Crippen molar-refractivity contribution < 1.29 is 15.0 Å². The van der Waals surface area contributed by atoms with Gasteiger partial charge in [0.25, 0.3) is 5.56 Å². The van der Waals surface area contributed by atoms with E-state index in [4.69, 9.17) is 0 Å². The van der Waals surface area contributed by atoms with E-state index in [0.717, 1.165) is 24.0 Å². The molecule has 3 aromatic rings. The Morgan fingerprint density at radius 1 is 1.24 bits per heavy atom. The van der Waals surface area contributed by atoms with Gasteiger partial charge >= 0.3 is 5.97 Å². The predicted molar refractivity (Wildman–Crippen MR) is 107 cm³/mol. The third-order valence-electron chi connectivity index (χ3n) is 5.83. The monoisotopic (exact) mass is 396 g/mol. The fourth-order valence-electron chi connectivity index (χ4n) is 3.95. The lowest BCUT2D eigenvalue weighted by molar-refractivity contribution is -0.137. The Kier molecular flexibility index (Phi) is 4.53. The Labute approximate surface area is 167 Å². The normalized spacial score (nSPS) is 15.2. The van der Waals surface area contributed by atoms with Gasteiger partial charge in [-0.1, -0.05) is 38.1 Å². The topological polar surface area (TPSA) is 110 Å². The van der Waals surface area contributed by atoms with Crippen LogP contribution in [0, 0.1) is 6.92 Å². The van der Waals surface area contributed by atoms with Crippen molar-refractivity contribution in [3.63, 3.8) is 0 Å². The van der Waals surface area contributed by atoms with Gasteiger partial charge in [0.2, 0.25) is 5.78 Å². The van der Waals surface area contributed by atoms with Gasteiger partial charge in [-0.25, -0.2) is 0 Å². The Balaban J connectivity index is 1.86. The maximum Gasteiger partial charge on any atom is 0.323 e. The Morgan fingerprint density at radius 3 is 2.41 bits per heavy atom. The van der Waals surface area contributed by atoms with E-state index >= 15 is 0 Å². The van der Waals surface area contributed by atoms with Gasteiger partial charge in [-0.05, 0) is 31.2 Å². The summed E-state index contributed by atoms with van der Waals surface area (Å²) in [6.07, 6.45) is 1.95. The minimum absolute atomic E-state index is 0.0768. The standard InChI is InChI=1S/C21H24N4O4/c1-12(2)17-13(3)24(10-16(27)28)20-22-18(23-25(20)19(17)29)14-4-6-15(7-5-14)21(11-26)8-9-21/h4-7,12,26H,8-11H2,1-3H3,(H,27,28). The molecule has 2 N–H and O–H groups in total. The van der Waals surface area contributed by atoms with Crippen molar-refractivity contribution in [2.75, 3.05) is 6.61 Å². The summed E-state index contributed by atoms with van der Waals surface area (Å²) >= 11 is 0. The van der Waals surface area contributed by atoms with Crippen LogP contribution in [0.3, 0.4) is 0 Å². The first-order valence-electron chi connectivity index (χ1n) is 9.71. The highest BCUT2D eigenvalue weighted by Crippen LogP contribution is 2.47. The first kappa shape index (κ1) is 19.3. The summed E-state index contributed by atoms with van der Waals surface area (Å²) in [7, 11) is 0. The Bertz CT molecular complexity index is 1150. The molecule has 2 aromatic heterocycles. The molecule has 8 heteroatoms. The van der Waals surface area contributed by atoms with Crippen molar-refractivity contribution >= 4 is 11.7 Å². The summed E-state index contributed by atoms with van der Waals surface area (Å²) in [6, 6.07) is 7.67. The molecule has 0 amide bonds. The molecule has 2 heterocycles. The average Bonchev–Trinajstić information content (AvgIpc) is 3.36. The van der Waals surface area contributed by atoms with Crippen LogP contribution in [0.15, 0.2) is 29.1 Å². The molecule has 1 fully saturated rings. The lowest BCUT2D eigenvalue weighted by Crippen LogP contribution is -2.28. The first-order valence-corrected chi connectivity index (χ1v) is 9.71. The minimum Gasteiger partial charge on any atom is -0.480 e. The van der Waals surface area contributed by atoms with Crippen molar-refractivity contribution in [3.05, 3.63) is 51.4 Å². The molecule has 0 bridgehead atoms.